The van der Waals surface area contributed by atoms with Crippen LogP contribution in [-0.2, 0) is 0 Å². The minimum Gasteiger partial charge on any atom is -0.456 e. The molecule has 250 valence electrons. The molecule has 0 radical (unpaired) electrons. The molecule has 2 heteroatoms. The molecule has 0 aliphatic rings. The first kappa shape index (κ1) is 29.8. The summed E-state index contributed by atoms with van der Waals surface area (Å²) in [5.74, 6) is 0. The predicted octanol–water partition coefficient (Wildman–Crippen LogP) is 15.6. The van der Waals surface area contributed by atoms with Crippen molar-refractivity contribution in [3.05, 3.63) is 182 Å². The lowest BCUT2D eigenvalue weighted by molar-refractivity contribution is 0.669. The first-order valence-corrected chi connectivity index (χ1v) is 19.3. The lowest BCUT2D eigenvalue weighted by Gasteiger charge is -2.18. The van der Waals surface area contributed by atoms with Crippen molar-refractivity contribution in [2.75, 3.05) is 0 Å². The van der Waals surface area contributed by atoms with Gasteiger partial charge < -0.3 is 4.42 Å². The van der Waals surface area contributed by atoms with Gasteiger partial charge in [-0.1, -0.05) is 140 Å². The summed E-state index contributed by atoms with van der Waals surface area (Å²) in [6.45, 7) is 0. The maximum Gasteiger partial charge on any atom is 0.136 e. The predicted molar refractivity (Wildman–Crippen MR) is 233 cm³/mol. The van der Waals surface area contributed by atoms with E-state index in [1.165, 1.54) is 107 Å². The van der Waals surface area contributed by atoms with E-state index in [0.29, 0.717) is 0 Å². The Hall–Kier alpha value is -6.74. The van der Waals surface area contributed by atoms with Crippen molar-refractivity contribution in [1.29, 1.82) is 0 Å². The third-order valence-electron chi connectivity index (χ3n) is 11.4. The van der Waals surface area contributed by atoms with Crippen LogP contribution in [0.2, 0.25) is 0 Å². The summed E-state index contributed by atoms with van der Waals surface area (Å²) in [7, 11) is 0. The largest absolute Gasteiger partial charge is 0.456 e. The minimum absolute atomic E-state index is 0.940. The van der Waals surface area contributed by atoms with Crippen LogP contribution in [0, 0.1) is 0 Å². The molecule has 0 atom stereocenters. The molecule has 0 aliphatic carbocycles. The Morgan fingerprint density at radius 3 is 1.56 bits per heavy atom. The highest BCUT2D eigenvalue weighted by atomic mass is 32.1. The average Bonchev–Trinajstić information content (AvgIpc) is 3.77. The van der Waals surface area contributed by atoms with Gasteiger partial charge in [-0.2, -0.15) is 0 Å². The van der Waals surface area contributed by atoms with Crippen molar-refractivity contribution in [2.24, 2.45) is 0 Å². The summed E-state index contributed by atoms with van der Waals surface area (Å²) >= 11 is 1.86. The van der Waals surface area contributed by atoms with Gasteiger partial charge in [-0.15, -0.1) is 11.3 Å². The normalized spacial score (nSPS) is 12.1. The maximum atomic E-state index is 6.28. The van der Waals surface area contributed by atoms with E-state index in [0.717, 1.165) is 11.2 Å². The molecule has 0 N–H and O–H groups in total. The zero-order valence-corrected chi connectivity index (χ0v) is 30.0. The molecule has 0 aliphatic heterocycles. The van der Waals surface area contributed by atoms with Crippen LogP contribution < -0.4 is 0 Å². The summed E-state index contributed by atoms with van der Waals surface area (Å²) in [6.07, 6.45) is 0. The number of hydrogen-bond donors (Lipinski definition) is 0. The third kappa shape index (κ3) is 4.44. The van der Waals surface area contributed by atoms with Crippen LogP contribution in [0.4, 0.5) is 0 Å². The van der Waals surface area contributed by atoms with Crippen LogP contribution in [0.15, 0.2) is 186 Å². The number of hydrogen-bond acceptors (Lipinski definition) is 2. The van der Waals surface area contributed by atoms with Gasteiger partial charge in [0.15, 0.2) is 0 Å². The summed E-state index contributed by atoms with van der Waals surface area (Å²) < 4.78 is 8.87. The van der Waals surface area contributed by atoms with Crippen molar-refractivity contribution >= 4 is 96.5 Å². The Balaban J connectivity index is 0.974. The van der Waals surface area contributed by atoms with Gasteiger partial charge >= 0.3 is 0 Å². The van der Waals surface area contributed by atoms with Crippen molar-refractivity contribution in [3.63, 3.8) is 0 Å². The summed E-state index contributed by atoms with van der Waals surface area (Å²) in [5, 5.41) is 15.0. The molecule has 0 amide bonds. The van der Waals surface area contributed by atoms with Crippen LogP contribution in [0.5, 0.6) is 0 Å². The number of furan rings is 1. The van der Waals surface area contributed by atoms with E-state index in [9.17, 15) is 0 Å². The number of thiophene rings is 1. The molecule has 12 rings (SSSR count). The van der Waals surface area contributed by atoms with Crippen LogP contribution >= 0.6 is 11.3 Å². The fourth-order valence-corrected chi connectivity index (χ4v) is 10.00. The highest BCUT2D eigenvalue weighted by molar-refractivity contribution is 7.26. The Labute approximate surface area is 314 Å². The number of para-hydroxylation sites is 1. The lowest BCUT2D eigenvalue weighted by Crippen LogP contribution is -1.91. The van der Waals surface area contributed by atoms with Gasteiger partial charge in [0.05, 0.1) is 0 Å². The van der Waals surface area contributed by atoms with Gasteiger partial charge in [0.1, 0.15) is 11.2 Å². The van der Waals surface area contributed by atoms with Gasteiger partial charge in [0, 0.05) is 30.9 Å². The highest BCUT2D eigenvalue weighted by Crippen LogP contribution is 2.45. The zero-order chi connectivity index (χ0) is 35.3. The van der Waals surface area contributed by atoms with E-state index in [1.54, 1.807) is 0 Å². The molecule has 2 aromatic heterocycles. The molecule has 0 fully saturated rings. The van der Waals surface area contributed by atoms with Gasteiger partial charge in [-0.25, -0.2) is 0 Å². The van der Waals surface area contributed by atoms with E-state index in [1.807, 2.05) is 17.4 Å². The van der Waals surface area contributed by atoms with Crippen molar-refractivity contribution in [2.45, 2.75) is 0 Å². The summed E-state index contributed by atoms with van der Waals surface area (Å²) in [4.78, 5) is 0. The molecule has 0 unspecified atom stereocenters. The van der Waals surface area contributed by atoms with Crippen LogP contribution in [0.1, 0.15) is 0 Å². The second kappa shape index (κ2) is 11.4. The molecular formula is C52H30OS. The minimum atomic E-state index is 0.940. The molecule has 0 bridgehead atoms. The fourth-order valence-electron chi connectivity index (χ4n) is 8.84. The first-order valence-electron chi connectivity index (χ1n) is 18.5. The molecule has 1 nitrogen and oxygen atoms in total. The monoisotopic (exact) mass is 702 g/mol. The average molecular weight is 703 g/mol. The van der Waals surface area contributed by atoms with E-state index < -0.39 is 0 Å². The van der Waals surface area contributed by atoms with E-state index >= 15 is 0 Å². The lowest BCUT2D eigenvalue weighted by atomic mass is 9.85. The molecule has 12 aromatic rings. The standard InChI is InChI=1S/C52H30OS/c1-2-10-34-25-37(24-19-31(34)9-1)52-42-14-5-3-12-40(42)51(41-13-4-6-15-43(41)52)33-20-17-32(18-21-33)35-22-23-36-28-49-45(27-38(36)26-35)46-29-48-44(30-50(46)54-49)39-11-7-8-16-47(39)53-48/h1-30H. The Morgan fingerprint density at radius 2 is 0.796 bits per heavy atom. The quantitative estimate of drug-likeness (QED) is 0.167. The third-order valence-corrected chi connectivity index (χ3v) is 12.5. The zero-order valence-electron chi connectivity index (χ0n) is 29.1. The topological polar surface area (TPSA) is 13.1 Å². The Bertz CT molecular complexity index is 3430. The van der Waals surface area contributed by atoms with E-state index in [-0.39, 0.29) is 0 Å². The summed E-state index contributed by atoms with van der Waals surface area (Å²) in [6, 6.07) is 66.9. The van der Waals surface area contributed by atoms with Gasteiger partial charge in [0.25, 0.3) is 0 Å². The maximum absolute atomic E-state index is 6.28. The Morgan fingerprint density at radius 1 is 0.278 bits per heavy atom. The SMILES string of the molecule is c1ccc2cc(-c3c4ccccc4c(-c4ccc(-c5ccc6cc7sc8cc9c(cc8c7cc6c5)oc5ccccc59)cc4)c4ccccc34)ccc2c1. The van der Waals surface area contributed by atoms with E-state index in [2.05, 4.69) is 176 Å². The van der Waals surface area contributed by atoms with Gasteiger partial charge in [-0.3, -0.25) is 0 Å². The Kier molecular flexibility index (Phi) is 6.28. The second-order valence-corrected chi connectivity index (χ2v) is 15.5. The molecule has 0 saturated heterocycles. The molecular weight excluding hydrogens is 673 g/mol. The van der Waals surface area contributed by atoms with Crippen LogP contribution in [0.25, 0.3) is 119 Å². The molecule has 54 heavy (non-hydrogen) atoms. The molecule has 0 saturated carbocycles. The smallest absolute Gasteiger partial charge is 0.136 e. The fraction of sp³-hybridized carbons (Fsp3) is 0. The second-order valence-electron chi connectivity index (χ2n) is 14.4. The number of rotatable bonds is 3. The van der Waals surface area contributed by atoms with Crippen LogP contribution in [0.3, 0.4) is 0 Å². The van der Waals surface area contributed by atoms with Gasteiger partial charge in [0.2, 0.25) is 0 Å². The van der Waals surface area contributed by atoms with E-state index in [4.69, 9.17) is 4.42 Å². The van der Waals surface area contributed by atoms with Crippen molar-refractivity contribution in [1.82, 2.24) is 0 Å². The first-order chi connectivity index (χ1) is 26.7. The van der Waals surface area contributed by atoms with Gasteiger partial charge in [-0.05, 0) is 119 Å². The van der Waals surface area contributed by atoms with Crippen LogP contribution in [-0.4, -0.2) is 0 Å². The highest BCUT2D eigenvalue weighted by Gasteiger charge is 2.17. The number of benzene rings is 10. The number of fused-ring (bicyclic) bond motifs is 10. The molecule has 0 spiro atoms. The molecule has 2 heterocycles. The molecule has 10 aromatic carbocycles. The van der Waals surface area contributed by atoms with Crippen molar-refractivity contribution in [3.8, 4) is 33.4 Å². The van der Waals surface area contributed by atoms with Crippen molar-refractivity contribution < 1.29 is 4.42 Å². The summed E-state index contributed by atoms with van der Waals surface area (Å²) in [5.41, 5.74) is 9.35.